The van der Waals surface area contributed by atoms with E-state index >= 15 is 0 Å². The van der Waals surface area contributed by atoms with E-state index in [0.29, 0.717) is 13.0 Å². The van der Waals surface area contributed by atoms with Gasteiger partial charge >= 0.3 is 0 Å². The Morgan fingerprint density at radius 2 is 2.08 bits per heavy atom. The molecule has 0 aliphatic carbocycles. The van der Waals surface area contributed by atoms with Gasteiger partial charge < -0.3 is 9.47 Å². The molecule has 0 unspecified atom stereocenters. The fraction of sp³-hybridized carbons (Fsp3) is 0.625. The van der Waals surface area contributed by atoms with Crippen LogP contribution in [0.1, 0.15) is 37.4 Å². The van der Waals surface area contributed by atoms with Crippen LogP contribution in [-0.4, -0.2) is 48.2 Å². The average Bonchev–Trinajstić information content (AvgIpc) is 3.12. The van der Waals surface area contributed by atoms with Crippen LogP contribution in [0.3, 0.4) is 0 Å². The summed E-state index contributed by atoms with van der Waals surface area (Å²) >= 11 is 1.56. The predicted molar refractivity (Wildman–Crippen MR) is 93.6 cm³/mol. The topological polar surface area (TPSA) is 68.8 Å². The average molecular weight is 348 g/mol. The van der Waals surface area contributed by atoms with E-state index in [1.54, 1.807) is 11.8 Å². The van der Waals surface area contributed by atoms with Gasteiger partial charge in [-0.15, -0.1) is 10.2 Å². The summed E-state index contributed by atoms with van der Waals surface area (Å²) in [6.45, 7) is 3.49. The van der Waals surface area contributed by atoms with Crippen molar-refractivity contribution in [2.45, 2.75) is 44.3 Å². The second-order valence-electron chi connectivity index (χ2n) is 6.14. The fourth-order valence-corrected chi connectivity index (χ4v) is 3.65. The van der Waals surface area contributed by atoms with Crippen molar-refractivity contribution in [2.24, 2.45) is 14.1 Å². The second-order valence-corrected chi connectivity index (χ2v) is 6.91. The lowest BCUT2D eigenvalue weighted by molar-refractivity contribution is -0.132. The zero-order chi connectivity index (χ0) is 17.3. The molecule has 0 aromatic carbocycles. The number of amides is 1. The maximum Gasteiger partial charge on any atom is 0.222 e. The molecular weight excluding hydrogens is 324 g/mol. The van der Waals surface area contributed by atoms with Crippen molar-refractivity contribution in [3.05, 3.63) is 11.3 Å². The van der Waals surface area contributed by atoms with Crippen LogP contribution >= 0.6 is 11.8 Å². The van der Waals surface area contributed by atoms with Crippen molar-refractivity contribution >= 4 is 17.7 Å². The first-order valence-corrected chi connectivity index (χ1v) is 9.55. The summed E-state index contributed by atoms with van der Waals surface area (Å²) < 4.78 is 3.89. The lowest BCUT2D eigenvalue weighted by atomic mass is 10.0. The minimum Gasteiger partial charge on any atom is -0.338 e. The van der Waals surface area contributed by atoms with Gasteiger partial charge in [0, 0.05) is 51.3 Å². The molecule has 0 atom stereocenters. The van der Waals surface area contributed by atoms with Gasteiger partial charge in [0.2, 0.25) is 5.91 Å². The van der Waals surface area contributed by atoms with Crippen LogP contribution in [0.2, 0.25) is 0 Å². The molecule has 0 bridgehead atoms. The molecule has 0 N–H and O–H groups in total. The molecule has 130 valence electrons. The Kier molecular flexibility index (Phi) is 4.93. The first-order chi connectivity index (χ1) is 11.6. The zero-order valence-corrected chi connectivity index (χ0v) is 15.6. The number of aromatic nitrogens is 5. The van der Waals surface area contributed by atoms with Crippen LogP contribution in [0.4, 0.5) is 0 Å². The number of nitrogens with zero attached hydrogens (tertiary/aromatic N) is 6. The highest BCUT2D eigenvalue weighted by Crippen LogP contribution is 2.30. The van der Waals surface area contributed by atoms with Gasteiger partial charge in [0.15, 0.2) is 11.0 Å². The van der Waals surface area contributed by atoms with Gasteiger partial charge in [-0.1, -0.05) is 25.1 Å². The monoisotopic (exact) mass is 348 g/mol. The number of fused-ring (bicyclic) bond motifs is 1. The number of unbranched alkanes of at least 4 members (excludes halogenated alkanes) is 1. The Balaban J connectivity index is 1.92. The van der Waals surface area contributed by atoms with Crippen molar-refractivity contribution in [1.82, 2.24) is 29.4 Å². The van der Waals surface area contributed by atoms with Crippen molar-refractivity contribution in [3.8, 4) is 11.5 Å². The van der Waals surface area contributed by atoms with E-state index < -0.39 is 0 Å². The van der Waals surface area contributed by atoms with E-state index in [1.807, 2.05) is 34.5 Å². The highest BCUT2D eigenvalue weighted by molar-refractivity contribution is 7.98. The van der Waals surface area contributed by atoms with Crippen LogP contribution in [0.25, 0.3) is 11.5 Å². The highest BCUT2D eigenvalue weighted by atomic mass is 32.2. The van der Waals surface area contributed by atoms with Gasteiger partial charge in [-0.25, -0.2) is 0 Å². The minimum absolute atomic E-state index is 0.236. The van der Waals surface area contributed by atoms with Gasteiger partial charge in [0.25, 0.3) is 0 Å². The molecule has 0 saturated heterocycles. The van der Waals surface area contributed by atoms with Crippen molar-refractivity contribution < 1.29 is 4.79 Å². The number of hydrogen-bond donors (Lipinski definition) is 0. The molecule has 1 aliphatic heterocycles. The van der Waals surface area contributed by atoms with Crippen LogP contribution in [0, 0.1) is 0 Å². The summed E-state index contributed by atoms with van der Waals surface area (Å²) in [5.41, 5.74) is 3.14. The van der Waals surface area contributed by atoms with Crippen molar-refractivity contribution in [1.29, 1.82) is 0 Å². The maximum absolute atomic E-state index is 12.4. The molecule has 0 radical (unpaired) electrons. The summed E-state index contributed by atoms with van der Waals surface area (Å²) in [5, 5.41) is 14.1. The molecule has 2 aromatic rings. The Bertz CT molecular complexity index is 750. The molecule has 2 aromatic heterocycles. The van der Waals surface area contributed by atoms with E-state index in [4.69, 9.17) is 0 Å². The number of carbonyl (C=O) groups is 1. The Hall–Kier alpha value is -1.83. The molecule has 8 heteroatoms. The third-order valence-corrected chi connectivity index (χ3v) is 5.29. The third-order valence-electron chi connectivity index (χ3n) is 4.57. The van der Waals surface area contributed by atoms with Crippen LogP contribution in [0.15, 0.2) is 5.16 Å². The number of rotatable bonds is 5. The predicted octanol–water partition coefficient (Wildman–Crippen LogP) is 2.01. The summed E-state index contributed by atoms with van der Waals surface area (Å²) in [6, 6.07) is 0. The molecule has 1 aliphatic rings. The van der Waals surface area contributed by atoms with Crippen molar-refractivity contribution in [3.63, 3.8) is 0 Å². The largest absolute Gasteiger partial charge is 0.338 e. The summed E-state index contributed by atoms with van der Waals surface area (Å²) in [5.74, 6) is 0.999. The van der Waals surface area contributed by atoms with E-state index in [2.05, 4.69) is 22.2 Å². The summed E-state index contributed by atoms with van der Waals surface area (Å²) in [7, 11) is 3.91. The molecule has 0 spiro atoms. The summed E-state index contributed by atoms with van der Waals surface area (Å²) in [6.07, 6.45) is 5.43. The van der Waals surface area contributed by atoms with Gasteiger partial charge in [-0.3, -0.25) is 9.48 Å². The lowest BCUT2D eigenvalue weighted by Gasteiger charge is -2.27. The molecule has 0 fully saturated rings. The lowest BCUT2D eigenvalue weighted by Crippen LogP contribution is -2.36. The van der Waals surface area contributed by atoms with Crippen molar-refractivity contribution in [2.75, 3.05) is 12.8 Å². The van der Waals surface area contributed by atoms with E-state index in [0.717, 1.165) is 48.0 Å². The molecular formula is C16H24N6OS. The minimum atomic E-state index is 0.236. The first kappa shape index (κ1) is 17.0. The maximum atomic E-state index is 12.4. The molecule has 24 heavy (non-hydrogen) atoms. The van der Waals surface area contributed by atoms with Crippen LogP contribution in [0.5, 0.6) is 0 Å². The molecule has 0 saturated carbocycles. The van der Waals surface area contributed by atoms with E-state index in [9.17, 15) is 4.79 Å². The standard InChI is InChI=1S/C16H24N6OS/c1-5-6-7-13(23)22-9-8-12-11(10-22)14(19-21(12)3)15-17-18-16(24-4)20(15)2/h5-10H2,1-4H3. The van der Waals surface area contributed by atoms with E-state index in [-0.39, 0.29) is 5.91 Å². The molecule has 3 rings (SSSR count). The SMILES string of the molecule is CCCCC(=O)N1CCc2c(c(-c3nnc(SC)n3C)nn2C)C1. The van der Waals surface area contributed by atoms with Crippen LogP contribution < -0.4 is 0 Å². The first-order valence-electron chi connectivity index (χ1n) is 8.33. The number of thioether (sulfide) groups is 1. The van der Waals surface area contributed by atoms with E-state index in [1.165, 1.54) is 5.69 Å². The Labute approximate surface area is 146 Å². The van der Waals surface area contributed by atoms with Gasteiger partial charge in [0.1, 0.15) is 5.69 Å². The third kappa shape index (κ3) is 2.94. The summed E-state index contributed by atoms with van der Waals surface area (Å²) in [4.78, 5) is 14.4. The van der Waals surface area contributed by atoms with Gasteiger partial charge in [-0.2, -0.15) is 5.10 Å². The smallest absolute Gasteiger partial charge is 0.222 e. The molecule has 1 amide bonds. The second kappa shape index (κ2) is 6.96. The zero-order valence-electron chi connectivity index (χ0n) is 14.7. The van der Waals surface area contributed by atoms with Gasteiger partial charge in [0.05, 0.1) is 0 Å². The highest BCUT2D eigenvalue weighted by Gasteiger charge is 2.28. The molecule has 7 nitrogen and oxygen atoms in total. The fourth-order valence-electron chi connectivity index (χ4n) is 3.17. The number of aryl methyl sites for hydroxylation is 1. The normalized spacial score (nSPS) is 14.1. The molecule has 3 heterocycles. The Morgan fingerprint density at radius 1 is 1.29 bits per heavy atom. The Morgan fingerprint density at radius 3 is 2.75 bits per heavy atom. The quantitative estimate of drug-likeness (QED) is 0.773. The number of carbonyl (C=O) groups excluding carboxylic acids is 1. The number of hydrogen-bond acceptors (Lipinski definition) is 5. The van der Waals surface area contributed by atoms with Crippen LogP contribution in [-0.2, 0) is 31.9 Å². The van der Waals surface area contributed by atoms with Gasteiger partial charge in [-0.05, 0) is 12.7 Å².